The number of hydrogen-bond acceptors (Lipinski definition) is 20. The Morgan fingerprint density at radius 2 is 0.702 bits per heavy atom. The van der Waals surface area contributed by atoms with E-state index < -0.39 is 39.1 Å². The van der Waals surface area contributed by atoms with Crippen molar-refractivity contribution in [1.29, 1.82) is 0 Å². The van der Waals surface area contributed by atoms with E-state index in [-0.39, 0.29) is 131 Å². The Hall–Kier alpha value is -8.87. The number of nitrogens with two attached hydrogens (primary N) is 2. The van der Waals surface area contributed by atoms with Crippen LogP contribution in [0.4, 0.5) is 27.6 Å². The molecule has 16 aliphatic rings. The van der Waals surface area contributed by atoms with E-state index in [0.29, 0.717) is 22.7 Å². The number of aliphatic hydroxyl groups excluding tert-OH is 1. The number of benzene rings is 5. The number of nitrogens with zero attached hydrogens (tertiary/aromatic N) is 6. The zero-order valence-electron chi connectivity index (χ0n) is 76.6. The van der Waals surface area contributed by atoms with Crippen LogP contribution in [0.5, 0.6) is 0 Å². The van der Waals surface area contributed by atoms with Gasteiger partial charge in [-0.25, -0.2) is 38.4 Å². The van der Waals surface area contributed by atoms with Crippen LogP contribution in [0, 0.1) is 51.5 Å². The van der Waals surface area contributed by atoms with Crippen LogP contribution in [0.25, 0.3) is 0 Å². The molecule has 10 fully saturated rings. The maximum absolute atomic E-state index is 14.0. The highest BCUT2D eigenvalue weighted by atomic mass is 79.9. The number of guanidine groups is 1. The molecule has 131 heavy (non-hydrogen) atoms. The number of aliphatic imine (C=N–C) groups is 1. The number of nitrogens with one attached hydrogen (secondary N) is 4. The van der Waals surface area contributed by atoms with Crippen molar-refractivity contribution in [2.75, 3.05) is 90.6 Å². The van der Waals surface area contributed by atoms with Crippen molar-refractivity contribution < 1.29 is 90.3 Å². The van der Waals surface area contributed by atoms with Gasteiger partial charge in [-0.15, -0.1) is 0 Å². The average Bonchev–Trinajstić information content (AvgIpc) is 1.55. The molecule has 6 heterocycles. The summed E-state index contributed by atoms with van der Waals surface area (Å²) in [5.41, 5.74) is 9.99. The number of hydrogen-bond donors (Lipinski definition) is 8. The van der Waals surface area contributed by atoms with Gasteiger partial charge in [-0.2, -0.15) is 0 Å². The molecule has 11 amide bonds. The number of rotatable bonds is 5. The summed E-state index contributed by atoms with van der Waals surface area (Å²) in [6.45, 7) is 5.96. The molecule has 712 valence electrons. The van der Waals surface area contributed by atoms with E-state index >= 15 is 0 Å². The summed E-state index contributed by atoms with van der Waals surface area (Å²) in [7, 11) is 16.6. The molecule has 5 aromatic carbocycles. The fourth-order valence-corrected chi connectivity index (χ4v) is 25.9. The number of thiocarbonyl (C=S) groups is 1. The summed E-state index contributed by atoms with van der Waals surface area (Å²) in [4.78, 5) is 114. The number of imide groups is 3. The quantitative estimate of drug-likeness (QED) is 0.0460. The molecule has 28 nitrogen and oxygen atoms in total. The molecule has 5 saturated carbocycles. The van der Waals surface area contributed by atoms with Crippen LogP contribution >= 0.6 is 28.1 Å². The summed E-state index contributed by atoms with van der Waals surface area (Å²) in [6.07, 6.45) is 24.9. The first-order valence-corrected chi connectivity index (χ1v) is 46.7. The maximum atomic E-state index is 14.0. The number of carbonyl (C=O) groups is 8. The highest BCUT2D eigenvalue weighted by Crippen LogP contribution is 2.66. The highest BCUT2D eigenvalue weighted by Gasteiger charge is 2.73. The van der Waals surface area contributed by atoms with E-state index in [1.165, 1.54) is 81.5 Å². The zero-order chi connectivity index (χ0) is 93.8. The van der Waals surface area contributed by atoms with Gasteiger partial charge in [-0.3, -0.25) is 48.5 Å². The molecule has 5 unspecified atom stereocenters. The first-order chi connectivity index (χ1) is 62.1. The largest absolute Gasteiger partial charge is 0.397 e. The number of aliphatic hydroxyl groups is 1. The van der Waals surface area contributed by atoms with E-state index in [1.807, 2.05) is 25.1 Å². The minimum Gasteiger partial charge on any atom is -0.397 e. The Morgan fingerprint density at radius 3 is 0.985 bits per heavy atom. The Morgan fingerprint density at radius 1 is 0.427 bits per heavy atom. The number of ether oxygens (including phenoxy) is 6. The topological polar surface area (TPSA) is 361 Å². The molecule has 5 atom stereocenters. The summed E-state index contributed by atoms with van der Waals surface area (Å²) < 4.78 is 75.3. The van der Waals surface area contributed by atoms with Crippen LogP contribution < -0.4 is 32.9 Å². The van der Waals surface area contributed by atoms with E-state index in [9.17, 15) is 51.5 Å². The van der Waals surface area contributed by atoms with E-state index in [1.54, 1.807) is 82.8 Å². The van der Waals surface area contributed by atoms with Gasteiger partial charge >= 0.3 is 18.1 Å². The first-order valence-electron chi connectivity index (χ1n) is 45.5. The van der Waals surface area contributed by atoms with E-state index in [0.717, 1.165) is 221 Å². The van der Waals surface area contributed by atoms with Gasteiger partial charge < -0.3 is 65.7 Å². The Kier molecular flexibility index (Phi) is 29.5. The smallest absolute Gasteiger partial charge is 0.325 e. The average molecular weight is 1900 g/mol. The summed E-state index contributed by atoms with van der Waals surface area (Å²) in [5, 5.41) is 26.9. The predicted molar refractivity (Wildman–Crippen MR) is 492 cm³/mol. The lowest BCUT2D eigenvalue weighted by molar-refractivity contribution is -0.138. The summed E-state index contributed by atoms with van der Waals surface area (Å²) >= 11 is 8.89. The van der Waals surface area contributed by atoms with Crippen LogP contribution in [0.1, 0.15) is 217 Å². The molecule has 10 N–H and O–H groups in total. The Labute approximate surface area is 779 Å². The maximum Gasteiger partial charge on any atom is 0.325 e. The third kappa shape index (κ3) is 16.2. The minimum absolute atomic E-state index is 0. The van der Waals surface area contributed by atoms with Gasteiger partial charge in [0.15, 0.2) is 38.8 Å². The number of amides is 11. The van der Waals surface area contributed by atoms with Crippen LogP contribution in [0.15, 0.2) is 100 Å². The minimum atomic E-state index is -1.14. The van der Waals surface area contributed by atoms with Crippen molar-refractivity contribution in [2.24, 2.45) is 43.7 Å². The lowest BCUT2D eigenvalue weighted by Gasteiger charge is -2.46. The molecule has 0 aromatic heterocycles. The number of methoxy groups -OCH3 is 5. The monoisotopic (exact) mass is 1900 g/mol. The molecule has 33 heteroatoms. The number of likely N-dealkylation sites (N-methyl/N-ethyl adjacent to an activating group) is 5. The first kappa shape index (κ1) is 99.6. The van der Waals surface area contributed by atoms with Gasteiger partial charge in [0, 0.05) is 122 Å². The molecule has 0 radical (unpaired) electrons. The standard InChI is InChI=1S/C19H24N2O3.C18H21BrN2O3.C18H22FN3O2.C18H21FN2O3.C18H21FN2O2S.C4H8O.C2H6O.CH4.H3NO/c1-12-4-5-13-11-18(8-6-14(24-3)7-9-18)19(15(13)10-12)16(22)21(2)17(23)20-19;1-21-15(22)18(20-16(21)23)14-9-12(19)4-3-11(14)10-17(18)7-5-13(24-2)6-8-17;1-22-15(23)18(21-16(22)20)14-9-12(19)4-3-11(14)10-17(18)7-5-13(24-2)6-8-17;1-21-15(22)18(20-16(21)23)14-9-12(19)4-3-11(14)10-17(18)7-5-13(24-2)6-8-17;1-21-15(22)18(20-16(21)24)14-9-12(19)4-3-11(14)10-17(18)7-5-13(23-2)6-8-17;1-2-4-5-3-1;1-2-3;;1-2/h4-5,10,14H,6-9,11H2,1-3H3,(H,20,23);3-4,9,13H,5-8,10H2,1-2H3,(H,20,23);3-4,9,13H,5-8,10H2,1-2H3,(H2,20,21);3-4,9,13H,5-8,10H2,1-2H3,(H,20,23);3-4,9,13H,5-8,10H2,1-2H3,(H,20,24);1-4H2;3H,2H2,1H3;1H4;2H,1H2. The molecule has 10 spiro atoms. The van der Waals surface area contributed by atoms with Crippen molar-refractivity contribution in [2.45, 2.75) is 253 Å². The lowest BCUT2D eigenvalue weighted by atomic mass is 9.61. The lowest BCUT2D eigenvalue weighted by Crippen LogP contribution is -2.56. The normalized spacial score (nSPS) is 33.1. The van der Waals surface area contributed by atoms with Crippen molar-refractivity contribution >= 4 is 86.8 Å². The van der Waals surface area contributed by atoms with Crippen molar-refractivity contribution in [3.05, 3.63) is 174 Å². The van der Waals surface area contributed by atoms with Crippen LogP contribution in [-0.4, -0.2) is 215 Å². The van der Waals surface area contributed by atoms with Gasteiger partial charge in [0.25, 0.3) is 29.5 Å². The molecule has 5 aromatic rings. The van der Waals surface area contributed by atoms with Gasteiger partial charge in [-0.1, -0.05) is 71.4 Å². The number of fused-ring (bicyclic) bond motifs is 15. The number of carbonyl (C=O) groups excluding carboxylic acids is 8. The van der Waals surface area contributed by atoms with Crippen LogP contribution in [0.3, 0.4) is 0 Å². The van der Waals surface area contributed by atoms with Gasteiger partial charge in [-0.05, 0) is 304 Å². The van der Waals surface area contributed by atoms with Gasteiger partial charge in [0.1, 0.15) is 17.5 Å². The molecular weight excluding hydrogens is 1770 g/mol. The van der Waals surface area contributed by atoms with Crippen molar-refractivity contribution in [3.63, 3.8) is 0 Å². The SMILES string of the molecule is C.C1CCOC1.CCO.COC1CCC2(CC1)Cc1ccc(Br)cc1C21NC(=O)N(C)C1=O.COC1CCC2(CC1)Cc1ccc(C)cc1C21NC(=O)N(C)C1=O.COC1CCC2(CC1)Cc1ccc(F)cc1C21N=C(N)N(C)C1=O.COC1CCC2(CC1)Cc1ccc(F)cc1C21NC(=O)N(C)C1=O.COC1CCC2(CC1)Cc1ccc(F)cc1C21NC(=S)N(C)C1=O.NO. The Balaban J connectivity index is 0.000000135. The Bertz CT molecular complexity index is 4720. The summed E-state index contributed by atoms with van der Waals surface area (Å²) in [6, 6.07) is 25.5. The number of urea groups is 3. The second-order valence-electron chi connectivity index (χ2n) is 38.2. The van der Waals surface area contributed by atoms with Crippen LogP contribution in [0.2, 0.25) is 0 Å². The third-order valence-corrected chi connectivity index (χ3v) is 33.1. The number of halogens is 4. The van der Waals surface area contributed by atoms with Crippen molar-refractivity contribution in [1.82, 2.24) is 45.8 Å². The third-order valence-electron chi connectivity index (χ3n) is 32.2. The molecule has 5 saturated heterocycles. The van der Waals surface area contributed by atoms with Crippen LogP contribution in [-0.2, 0) is 112 Å². The molecular formula is C98H130BrF3N12O16S. The molecule has 10 aliphatic carbocycles. The fraction of sp³-hybridized carbons (Fsp3) is 0.592. The molecule has 21 rings (SSSR count). The second-order valence-corrected chi connectivity index (χ2v) is 39.5. The second kappa shape index (κ2) is 38.8. The zero-order valence-corrected chi connectivity index (χ0v) is 79.0. The van der Waals surface area contributed by atoms with E-state index in [2.05, 4.69) is 72.4 Å². The van der Waals surface area contributed by atoms with Gasteiger partial charge in [0.2, 0.25) is 0 Å². The predicted octanol–water partition coefficient (Wildman–Crippen LogP) is 13.0. The fourth-order valence-electron chi connectivity index (χ4n) is 25.3. The van der Waals surface area contributed by atoms with E-state index in [4.69, 9.17) is 56.7 Å². The molecule has 6 aliphatic heterocycles. The number of aryl methyl sites for hydroxylation is 1. The molecule has 0 bridgehead atoms. The van der Waals surface area contributed by atoms with Gasteiger partial charge in [0.05, 0.1) is 30.5 Å². The van der Waals surface area contributed by atoms with Crippen molar-refractivity contribution in [3.8, 4) is 0 Å². The highest BCUT2D eigenvalue weighted by molar-refractivity contribution is 9.10. The summed E-state index contributed by atoms with van der Waals surface area (Å²) in [5.74, 6) is 1.98.